The van der Waals surface area contributed by atoms with E-state index in [1.165, 1.54) is 0 Å². The summed E-state index contributed by atoms with van der Waals surface area (Å²) >= 11 is 5.60. The molecule has 1 N–H and O–H groups in total. The monoisotopic (exact) mass is 183 g/mol. The smallest absolute Gasteiger partial charge is 0.193 e. The van der Waals surface area contributed by atoms with Crippen LogP contribution in [-0.4, -0.2) is 6.54 Å². The average molecular weight is 184 g/mol. The second-order valence-electron chi connectivity index (χ2n) is 2.30. The molecule has 0 bridgehead atoms. The fourth-order valence-corrected chi connectivity index (χ4v) is 1.08. The van der Waals surface area contributed by atoms with E-state index in [0.29, 0.717) is 11.0 Å². The van der Waals surface area contributed by atoms with Gasteiger partial charge in [-0.2, -0.15) is 0 Å². The Labute approximate surface area is 76.9 Å². The molecule has 0 amide bonds. The first-order valence-corrected chi connectivity index (χ1v) is 4.10. The van der Waals surface area contributed by atoms with Gasteiger partial charge in [0, 0.05) is 0 Å². The van der Waals surface area contributed by atoms with E-state index >= 15 is 0 Å². The predicted molar refractivity (Wildman–Crippen MR) is 49.0 cm³/mol. The molecule has 0 aromatic carbocycles. The van der Waals surface area contributed by atoms with Gasteiger partial charge in [0.25, 0.3) is 0 Å². The van der Waals surface area contributed by atoms with Gasteiger partial charge < -0.3 is 4.42 Å². The van der Waals surface area contributed by atoms with Crippen molar-refractivity contribution in [2.45, 2.75) is 13.0 Å². The van der Waals surface area contributed by atoms with E-state index in [4.69, 9.17) is 22.4 Å². The minimum atomic E-state index is -0.178. The van der Waals surface area contributed by atoms with Gasteiger partial charge in [0.2, 0.25) is 0 Å². The highest BCUT2D eigenvalue weighted by Crippen LogP contribution is 2.18. The number of terminal acetylenes is 1. The van der Waals surface area contributed by atoms with Crippen molar-refractivity contribution < 1.29 is 4.42 Å². The Kier molecular flexibility index (Phi) is 3.21. The maximum absolute atomic E-state index is 5.60. The van der Waals surface area contributed by atoms with Gasteiger partial charge in [0.1, 0.15) is 11.8 Å². The summed E-state index contributed by atoms with van der Waals surface area (Å²) in [4.78, 5) is 0. The van der Waals surface area contributed by atoms with Crippen LogP contribution in [0, 0.1) is 12.3 Å². The molecule has 1 atom stereocenters. The molecule has 1 unspecified atom stereocenters. The van der Waals surface area contributed by atoms with Crippen LogP contribution in [0.2, 0.25) is 5.22 Å². The van der Waals surface area contributed by atoms with Crippen molar-refractivity contribution in [1.82, 2.24) is 5.32 Å². The molecule has 0 aliphatic heterocycles. The second-order valence-corrected chi connectivity index (χ2v) is 2.67. The van der Waals surface area contributed by atoms with Gasteiger partial charge in [-0.1, -0.05) is 12.8 Å². The van der Waals surface area contributed by atoms with E-state index in [0.717, 1.165) is 6.54 Å². The topological polar surface area (TPSA) is 25.2 Å². The fraction of sp³-hybridized carbons (Fsp3) is 0.333. The zero-order valence-corrected chi connectivity index (χ0v) is 7.56. The lowest BCUT2D eigenvalue weighted by Crippen LogP contribution is -2.18. The Hall–Kier alpha value is -0.910. The van der Waals surface area contributed by atoms with E-state index in [1.54, 1.807) is 12.1 Å². The SMILES string of the molecule is C#CC(NCC)c1ccc(Cl)o1. The Morgan fingerprint density at radius 1 is 1.75 bits per heavy atom. The van der Waals surface area contributed by atoms with Crippen LogP contribution in [0.15, 0.2) is 16.5 Å². The van der Waals surface area contributed by atoms with Crippen molar-refractivity contribution in [3.8, 4) is 12.3 Å². The van der Waals surface area contributed by atoms with Gasteiger partial charge in [-0.05, 0) is 30.3 Å². The maximum Gasteiger partial charge on any atom is 0.193 e. The molecule has 3 heteroatoms. The molecule has 1 rings (SSSR count). The van der Waals surface area contributed by atoms with Crippen molar-refractivity contribution in [3.63, 3.8) is 0 Å². The molecule has 1 aromatic rings. The molecule has 0 aliphatic carbocycles. The lowest BCUT2D eigenvalue weighted by Gasteiger charge is -2.06. The van der Waals surface area contributed by atoms with E-state index < -0.39 is 0 Å². The summed E-state index contributed by atoms with van der Waals surface area (Å²) in [6.45, 7) is 2.78. The lowest BCUT2D eigenvalue weighted by atomic mass is 10.2. The van der Waals surface area contributed by atoms with Gasteiger partial charge in [-0.3, -0.25) is 5.32 Å². The number of hydrogen-bond donors (Lipinski definition) is 1. The molecule has 0 fully saturated rings. The zero-order chi connectivity index (χ0) is 8.97. The summed E-state index contributed by atoms with van der Waals surface area (Å²) in [5, 5.41) is 3.44. The highest BCUT2D eigenvalue weighted by atomic mass is 35.5. The van der Waals surface area contributed by atoms with Crippen LogP contribution in [0.4, 0.5) is 0 Å². The molecule has 0 spiro atoms. The largest absolute Gasteiger partial charge is 0.447 e. The molecule has 2 nitrogen and oxygen atoms in total. The van der Waals surface area contributed by atoms with Gasteiger partial charge >= 0.3 is 0 Å². The van der Waals surface area contributed by atoms with Crippen LogP contribution >= 0.6 is 11.6 Å². The predicted octanol–water partition coefficient (Wildman–Crippen LogP) is 2.22. The van der Waals surface area contributed by atoms with E-state index in [-0.39, 0.29) is 6.04 Å². The summed E-state index contributed by atoms with van der Waals surface area (Å²) in [5.74, 6) is 3.25. The van der Waals surface area contributed by atoms with Gasteiger partial charge in [0.15, 0.2) is 5.22 Å². The number of nitrogens with one attached hydrogen (secondary N) is 1. The Morgan fingerprint density at radius 3 is 2.92 bits per heavy atom. The van der Waals surface area contributed by atoms with E-state index in [1.807, 2.05) is 6.92 Å². The third-order valence-corrected chi connectivity index (χ3v) is 1.66. The summed E-state index contributed by atoms with van der Waals surface area (Å²) in [6, 6.07) is 3.27. The number of halogens is 1. The number of rotatable bonds is 3. The fourth-order valence-electron chi connectivity index (χ4n) is 0.929. The molecule has 0 aliphatic rings. The van der Waals surface area contributed by atoms with Crippen molar-refractivity contribution >= 4 is 11.6 Å². The van der Waals surface area contributed by atoms with E-state index in [9.17, 15) is 0 Å². The van der Waals surface area contributed by atoms with Crippen LogP contribution < -0.4 is 5.32 Å². The Morgan fingerprint density at radius 2 is 2.50 bits per heavy atom. The first-order valence-electron chi connectivity index (χ1n) is 3.72. The second kappa shape index (κ2) is 4.20. The highest BCUT2D eigenvalue weighted by molar-refractivity contribution is 6.28. The molecule has 64 valence electrons. The van der Waals surface area contributed by atoms with Crippen LogP contribution in [-0.2, 0) is 0 Å². The highest BCUT2D eigenvalue weighted by Gasteiger charge is 2.10. The van der Waals surface area contributed by atoms with Crippen LogP contribution in [0.3, 0.4) is 0 Å². The third-order valence-electron chi connectivity index (χ3n) is 1.45. The minimum absolute atomic E-state index is 0.178. The summed E-state index contributed by atoms with van der Waals surface area (Å²) in [6.07, 6.45) is 5.28. The standard InChI is InChI=1S/C9H10ClNO/c1-3-7(11-4-2)8-5-6-9(10)12-8/h1,5-7,11H,4H2,2H3. The van der Waals surface area contributed by atoms with Gasteiger partial charge in [0.05, 0.1) is 0 Å². The molecular formula is C9H10ClNO. The molecule has 0 radical (unpaired) electrons. The molecule has 12 heavy (non-hydrogen) atoms. The molecule has 1 heterocycles. The third kappa shape index (κ3) is 2.04. The maximum atomic E-state index is 5.60. The summed E-state index contributed by atoms with van der Waals surface area (Å²) in [7, 11) is 0. The first-order chi connectivity index (χ1) is 5.77. The summed E-state index contributed by atoms with van der Waals surface area (Å²) in [5.41, 5.74) is 0. The zero-order valence-electron chi connectivity index (χ0n) is 6.80. The first kappa shape index (κ1) is 9.18. The Balaban J connectivity index is 2.74. The van der Waals surface area contributed by atoms with Crippen molar-refractivity contribution in [1.29, 1.82) is 0 Å². The van der Waals surface area contributed by atoms with Gasteiger partial charge in [-0.25, -0.2) is 0 Å². The molecule has 0 saturated carbocycles. The van der Waals surface area contributed by atoms with Gasteiger partial charge in [-0.15, -0.1) is 6.42 Å². The molecule has 0 saturated heterocycles. The lowest BCUT2D eigenvalue weighted by molar-refractivity contribution is 0.466. The number of furan rings is 1. The number of hydrogen-bond acceptors (Lipinski definition) is 2. The normalized spacial score (nSPS) is 12.4. The van der Waals surface area contributed by atoms with Crippen molar-refractivity contribution in [3.05, 3.63) is 23.1 Å². The van der Waals surface area contributed by atoms with Crippen LogP contribution in [0.25, 0.3) is 0 Å². The minimum Gasteiger partial charge on any atom is -0.447 e. The van der Waals surface area contributed by atoms with E-state index in [2.05, 4.69) is 11.2 Å². The average Bonchev–Trinajstić information content (AvgIpc) is 2.47. The van der Waals surface area contributed by atoms with Crippen molar-refractivity contribution in [2.75, 3.05) is 6.54 Å². The summed E-state index contributed by atoms with van der Waals surface area (Å²) < 4.78 is 5.15. The quantitative estimate of drug-likeness (QED) is 0.727. The van der Waals surface area contributed by atoms with Crippen molar-refractivity contribution in [2.24, 2.45) is 0 Å². The van der Waals surface area contributed by atoms with Crippen LogP contribution in [0.1, 0.15) is 18.7 Å². The molecule has 1 aromatic heterocycles. The Bertz CT molecular complexity index is 287. The molecular weight excluding hydrogens is 174 g/mol. The van der Waals surface area contributed by atoms with Crippen LogP contribution in [0.5, 0.6) is 0 Å².